The molecule has 3 heteroatoms. The largest absolute Gasteiger partial charge is 0.508 e. The summed E-state index contributed by atoms with van der Waals surface area (Å²) in [4.78, 5) is 4.15. The van der Waals surface area contributed by atoms with Gasteiger partial charge in [-0.1, -0.05) is 11.6 Å². The van der Waals surface area contributed by atoms with E-state index in [9.17, 15) is 5.11 Å². The van der Waals surface area contributed by atoms with Gasteiger partial charge in [-0.25, -0.2) is 0 Å². The number of nitrogens with zero attached hydrogens (tertiary/aromatic N) is 1. The fourth-order valence-corrected chi connectivity index (χ4v) is 1.66. The van der Waals surface area contributed by atoms with Crippen molar-refractivity contribution >= 4 is 22.5 Å². The Morgan fingerprint density at radius 2 is 2.08 bits per heavy atom. The van der Waals surface area contributed by atoms with Crippen LogP contribution < -0.4 is 0 Å². The maximum absolute atomic E-state index is 9.46. The first kappa shape index (κ1) is 8.32. The zero-order chi connectivity index (χ0) is 9.42. The van der Waals surface area contributed by atoms with Crippen LogP contribution in [-0.4, -0.2) is 10.1 Å². The van der Waals surface area contributed by atoms with E-state index in [2.05, 4.69) is 4.98 Å². The lowest BCUT2D eigenvalue weighted by Gasteiger charge is -2.04. The highest BCUT2D eigenvalue weighted by atomic mass is 35.5. The van der Waals surface area contributed by atoms with Crippen molar-refractivity contribution < 1.29 is 5.11 Å². The van der Waals surface area contributed by atoms with E-state index in [4.69, 9.17) is 11.6 Å². The first-order valence-corrected chi connectivity index (χ1v) is 4.31. The van der Waals surface area contributed by atoms with E-state index in [1.165, 1.54) is 0 Å². The average Bonchev–Trinajstić information content (AvgIpc) is 2.12. The van der Waals surface area contributed by atoms with E-state index >= 15 is 0 Å². The molecule has 13 heavy (non-hydrogen) atoms. The smallest absolute Gasteiger partial charge is 0.119 e. The van der Waals surface area contributed by atoms with Crippen molar-refractivity contribution in [2.45, 2.75) is 6.92 Å². The summed E-state index contributed by atoms with van der Waals surface area (Å²) in [6.07, 6.45) is 1.65. The van der Waals surface area contributed by atoms with Gasteiger partial charge in [0.15, 0.2) is 0 Å². The van der Waals surface area contributed by atoms with Gasteiger partial charge in [-0.15, -0.1) is 0 Å². The molecular weight excluding hydrogens is 186 g/mol. The molecule has 2 nitrogen and oxygen atoms in total. The maximum atomic E-state index is 9.46. The summed E-state index contributed by atoms with van der Waals surface area (Å²) >= 11 is 5.98. The van der Waals surface area contributed by atoms with Crippen molar-refractivity contribution in [2.75, 3.05) is 0 Å². The second-order valence-corrected chi connectivity index (χ2v) is 3.30. The van der Waals surface area contributed by atoms with Crippen LogP contribution in [0, 0.1) is 6.92 Å². The van der Waals surface area contributed by atoms with Crippen LogP contribution in [0.25, 0.3) is 10.9 Å². The molecule has 0 aliphatic carbocycles. The summed E-state index contributed by atoms with van der Waals surface area (Å²) in [5.74, 6) is 0.252. The molecule has 1 aromatic carbocycles. The lowest BCUT2D eigenvalue weighted by Crippen LogP contribution is -1.83. The van der Waals surface area contributed by atoms with Gasteiger partial charge >= 0.3 is 0 Å². The highest BCUT2D eigenvalue weighted by molar-refractivity contribution is 6.35. The number of phenolic OH excluding ortho intramolecular Hbond substituents is 1. The molecule has 1 heterocycles. The number of rotatable bonds is 0. The normalized spacial score (nSPS) is 10.6. The van der Waals surface area contributed by atoms with Crippen molar-refractivity contribution in [2.24, 2.45) is 0 Å². The summed E-state index contributed by atoms with van der Waals surface area (Å²) in [7, 11) is 0. The summed E-state index contributed by atoms with van der Waals surface area (Å²) in [5.41, 5.74) is 1.58. The van der Waals surface area contributed by atoms with Gasteiger partial charge in [0.25, 0.3) is 0 Å². The van der Waals surface area contributed by atoms with E-state index in [1.807, 2.05) is 6.92 Å². The number of hydrogen-bond acceptors (Lipinski definition) is 2. The Morgan fingerprint density at radius 3 is 2.85 bits per heavy atom. The van der Waals surface area contributed by atoms with Gasteiger partial charge in [-0.2, -0.15) is 0 Å². The van der Waals surface area contributed by atoms with Gasteiger partial charge < -0.3 is 5.11 Å². The molecule has 0 saturated heterocycles. The highest BCUT2D eigenvalue weighted by Gasteiger charge is 2.05. The van der Waals surface area contributed by atoms with E-state index in [1.54, 1.807) is 24.4 Å². The van der Waals surface area contributed by atoms with Crippen molar-refractivity contribution in [1.82, 2.24) is 4.98 Å². The summed E-state index contributed by atoms with van der Waals surface area (Å²) in [6, 6.07) is 5.10. The number of benzene rings is 1. The number of hydrogen-bond donors (Lipinski definition) is 1. The van der Waals surface area contributed by atoms with Crippen LogP contribution in [0.1, 0.15) is 5.56 Å². The topological polar surface area (TPSA) is 33.1 Å². The van der Waals surface area contributed by atoms with E-state index < -0.39 is 0 Å². The second kappa shape index (κ2) is 2.89. The van der Waals surface area contributed by atoms with Crippen LogP contribution in [0.4, 0.5) is 0 Å². The lowest BCUT2D eigenvalue weighted by atomic mass is 10.1. The van der Waals surface area contributed by atoms with Crippen LogP contribution in [-0.2, 0) is 0 Å². The van der Waals surface area contributed by atoms with Gasteiger partial charge in [0, 0.05) is 17.1 Å². The number of fused-ring (bicyclic) bond motifs is 1. The molecule has 2 rings (SSSR count). The third kappa shape index (κ3) is 1.23. The minimum Gasteiger partial charge on any atom is -0.508 e. The number of phenols is 1. The van der Waals surface area contributed by atoms with Crippen LogP contribution in [0.2, 0.25) is 5.02 Å². The van der Waals surface area contributed by atoms with Crippen molar-refractivity contribution in [3.63, 3.8) is 0 Å². The minimum atomic E-state index is 0.252. The molecule has 0 aliphatic heterocycles. The van der Waals surface area contributed by atoms with Crippen molar-refractivity contribution in [1.29, 1.82) is 0 Å². The molecule has 0 atom stereocenters. The highest BCUT2D eigenvalue weighted by Crippen LogP contribution is 2.29. The molecular formula is C10H8ClNO. The Morgan fingerprint density at radius 1 is 1.31 bits per heavy atom. The number of aryl methyl sites for hydroxylation is 1. The van der Waals surface area contributed by atoms with E-state index in [0.29, 0.717) is 5.02 Å². The Bertz CT molecular complexity index is 468. The zero-order valence-electron chi connectivity index (χ0n) is 7.08. The van der Waals surface area contributed by atoms with Gasteiger partial charge in [0.1, 0.15) is 5.75 Å². The van der Waals surface area contributed by atoms with Crippen LogP contribution in [0.3, 0.4) is 0 Å². The number of aromatic hydroxyl groups is 1. The number of aromatic nitrogens is 1. The third-order valence-electron chi connectivity index (χ3n) is 2.09. The summed E-state index contributed by atoms with van der Waals surface area (Å²) in [5, 5.41) is 10.9. The second-order valence-electron chi connectivity index (χ2n) is 2.90. The molecule has 0 unspecified atom stereocenters. The number of halogens is 1. The monoisotopic (exact) mass is 193 g/mol. The summed E-state index contributed by atoms with van der Waals surface area (Å²) in [6.45, 7) is 1.82. The molecule has 0 bridgehead atoms. The van der Waals surface area contributed by atoms with E-state index in [0.717, 1.165) is 16.5 Å². The van der Waals surface area contributed by atoms with Gasteiger partial charge in [-0.05, 0) is 25.1 Å². The van der Waals surface area contributed by atoms with Gasteiger partial charge in [0.2, 0.25) is 0 Å². The molecule has 1 aromatic heterocycles. The molecule has 0 amide bonds. The van der Waals surface area contributed by atoms with Crippen LogP contribution in [0.15, 0.2) is 24.4 Å². The fourth-order valence-electron chi connectivity index (χ4n) is 1.36. The molecule has 2 aromatic rings. The molecule has 0 spiro atoms. The first-order valence-electron chi connectivity index (χ1n) is 3.93. The number of pyridine rings is 1. The predicted molar refractivity (Wildman–Crippen MR) is 53.2 cm³/mol. The first-order chi connectivity index (χ1) is 6.20. The quantitative estimate of drug-likeness (QED) is 0.698. The molecule has 0 aliphatic rings. The Hall–Kier alpha value is -1.28. The van der Waals surface area contributed by atoms with Crippen LogP contribution >= 0.6 is 11.6 Å². The van der Waals surface area contributed by atoms with Gasteiger partial charge in [0.05, 0.1) is 10.5 Å². The zero-order valence-corrected chi connectivity index (χ0v) is 7.84. The molecule has 0 fully saturated rings. The molecule has 1 N–H and O–H groups in total. The Kier molecular flexibility index (Phi) is 1.85. The van der Waals surface area contributed by atoms with Crippen molar-refractivity contribution in [3.8, 4) is 5.75 Å². The maximum Gasteiger partial charge on any atom is 0.119 e. The molecule has 0 saturated carbocycles. The minimum absolute atomic E-state index is 0.252. The SMILES string of the molecule is Cc1c(O)ccc2nccc(Cl)c12. The average molecular weight is 194 g/mol. The Labute approximate surface area is 80.8 Å². The van der Waals surface area contributed by atoms with Crippen LogP contribution in [0.5, 0.6) is 5.75 Å². The standard InChI is InChI=1S/C10H8ClNO/c1-6-9(13)3-2-8-10(6)7(11)4-5-12-8/h2-5,13H,1H3. The van der Waals surface area contributed by atoms with E-state index in [-0.39, 0.29) is 5.75 Å². The summed E-state index contributed by atoms with van der Waals surface area (Å²) < 4.78 is 0. The molecule has 66 valence electrons. The Balaban J connectivity index is 2.97. The lowest BCUT2D eigenvalue weighted by molar-refractivity contribution is 0.472. The molecule has 0 radical (unpaired) electrons. The third-order valence-corrected chi connectivity index (χ3v) is 2.40. The van der Waals surface area contributed by atoms with Gasteiger partial charge in [-0.3, -0.25) is 4.98 Å². The fraction of sp³-hybridized carbons (Fsp3) is 0.100. The van der Waals surface area contributed by atoms with Crippen molar-refractivity contribution in [3.05, 3.63) is 35.0 Å². The predicted octanol–water partition coefficient (Wildman–Crippen LogP) is 2.90.